The van der Waals surface area contributed by atoms with Gasteiger partial charge in [-0.25, -0.2) is 9.97 Å². The van der Waals surface area contributed by atoms with Crippen LogP contribution in [0.5, 0.6) is 0 Å². The summed E-state index contributed by atoms with van der Waals surface area (Å²) in [5.74, 6) is 0.414. The number of thioether (sulfide) groups is 1. The lowest BCUT2D eigenvalue weighted by atomic mass is 10.1. The molecule has 5 aromatic rings. The van der Waals surface area contributed by atoms with Crippen LogP contribution >= 0.6 is 11.8 Å². The molecule has 0 N–H and O–H groups in total. The fourth-order valence-electron chi connectivity index (χ4n) is 3.79. The summed E-state index contributed by atoms with van der Waals surface area (Å²) in [4.78, 5) is 35.4. The van der Waals surface area contributed by atoms with Crippen LogP contribution in [0.4, 0.5) is 0 Å². The molecule has 0 aliphatic carbocycles. The Labute approximate surface area is 194 Å². The second-order valence-corrected chi connectivity index (χ2v) is 8.82. The molecule has 0 spiro atoms. The van der Waals surface area contributed by atoms with E-state index in [1.165, 1.54) is 17.3 Å². The van der Waals surface area contributed by atoms with Crippen LogP contribution in [0.25, 0.3) is 22.2 Å². The van der Waals surface area contributed by atoms with E-state index in [0.29, 0.717) is 33.2 Å². The second kappa shape index (κ2) is 8.67. The largest absolute Gasteiger partial charge is 0.269 e. The zero-order valence-corrected chi connectivity index (χ0v) is 19.2. The summed E-state index contributed by atoms with van der Waals surface area (Å²) in [7, 11) is 0. The lowest BCUT2D eigenvalue weighted by Crippen LogP contribution is -2.22. The predicted molar refractivity (Wildman–Crippen MR) is 132 cm³/mol. The van der Waals surface area contributed by atoms with Crippen molar-refractivity contribution in [1.29, 1.82) is 0 Å². The van der Waals surface area contributed by atoms with Gasteiger partial charge < -0.3 is 0 Å². The Morgan fingerprint density at radius 2 is 1.73 bits per heavy atom. The molecule has 6 nitrogen and oxygen atoms in total. The number of pyridine rings is 1. The SMILES string of the molecule is CCc1ccc(-n2c(SCc3cc(=O)n4cc(C)ccc4n3)nc3ccccc3c2=O)cc1. The number of hydrogen-bond acceptors (Lipinski definition) is 5. The number of aryl methyl sites for hydroxylation is 2. The van der Waals surface area contributed by atoms with Gasteiger partial charge in [0.15, 0.2) is 5.16 Å². The van der Waals surface area contributed by atoms with Crippen molar-refractivity contribution in [3.05, 3.63) is 110 Å². The molecule has 0 atom stereocenters. The minimum Gasteiger partial charge on any atom is -0.269 e. The van der Waals surface area contributed by atoms with Crippen LogP contribution in [-0.2, 0) is 12.2 Å². The van der Waals surface area contributed by atoms with Crippen LogP contribution in [0.2, 0.25) is 0 Å². The van der Waals surface area contributed by atoms with Crippen LogP contribution in [0.3, 0.4) is 0 Å². The first-order valence-corrected chi connectivity index (χ1v) is 11.7. The number of benzene rings is 2. The highest BCUT2D eigenvalue weighted by molar-refractivity contribution is 7.98. The fraction of sp³-hybridized carbons (Fsp3) is 0.154. The number of hydrogen-bond donors (Lipinski definition) is 0. The third-order valence-electron chi connectivity index (χ3n) is 5.56. The Kier molecular flexibility index (Phi) is 5.56. The molecule has 33 heavy (non-hydrogen) atoms. The van der Waals surface area contributed by atoms with Crippen LogP contribution in [0, 0.1) is 6.92 Å². The van der Waals surface area contributed by atoms with E-state index in [4.69, 9.17) is 4.98 Å². The zero-order valence-electron chi connectivity index (χ0n) is 18.4. The average Bonchev–Trinajstić information content (AvgIpc) is 2.83. The molecular weight excluding hydrogens is 432 g/mol. The van der Waals surface area contributed by atoms with E-state index in [2.05, 4.69) is 11.9 Å². The summed E-state index contributed by atoms with van der Waals surface area (Å²) < 4.78 is 3.19. The van der Waals surface area contributed by atoms with E-state index in [-0.39, 0.29) is 11.1 Å². The van der Waals surface area contributed by atoms with Gasteiger partial charge >= 0.3 is 0 Å². The van der Waals surface area contributed by atoms with Crippen molar-refractivity contribution in [2.45, 2.75) is 31.2 Å². The molecule has 0 aliphatic rings. The maximum absolute atomic E-state index is 13.4. The highest BCUT2D eigenvalue weighted by Gasteiger charge is 2.14. The van der Waals surface area contributed by atoms with Gasteiger partial charge in [-0.2, -0.15) is 0 Å². The van der Waals surface area contributed by atoms with Crippen LogP contribution in [0.1, 0.15) is 23.7 Å². The van der Waals surface area contributed by atoms with Gasteiger partial charge in [-0.1, -0.05) is 49.0 Å². The maximum Gasteiger partial charge on any atom is 0.266 e. The summed E-state index contributed by atoms with van der Waals surface area (Å²) in [6.45, 7) is 4.04. The molecular formula is C26H22N4O2S. The predicted octanol–water partition coefficient (Wildman–Crippen LogP) is 4.56. The van der Waals surface area contributed by atoms with Crippen molar-refractivity contribution in [1.82, 2.24) is 18.9 Å². The summed E-state index contributed by atoms with van der Waals surface area (Å²) in [5, 5.41) is 1.13. The quantitative estimate of drug-likeness (QED) is 0.288. The van der Waals surface area contributed by atoms with Crippen molar-refractivity contribution in [2.24, 2.45) is 0 Å². The molecule has 0 aliphatic heterocycles. The molecule has 0 bridgehead atoms. The number of rotatable bonds is 5. The minimum atomic E-state index is -0.127. The number of aromatic nitrogens is 4. The molecule has 3 heterocycles. The molecule has 3 aromatic heterocycles. The molecule has 5 rings (SSSR count). The lowest BCUT2D eigenvalue weighted by molar-refractivity contribution is 0.818. The van der Waals surface area contributed by atoms with Gasteiger partial charge in [0.05, 0.1) is 22.3 Å². The van der Waals surface area contributed by atoms with Crippen molar-refractivity contribution in [3.63, 3.8) is 0 Å². The minimum absolute atomic E-state index is 0.116. The van der Waals surface area contributed by atoms with E-state index in [0.717, 1.165) is 17.7 Å². The summed E-state index contributed by atoms with van der Waals surface area (Å²) >= 11 is 1.40. The standard InChI is InChI=1S/C26H22N4O2S/c1-3-18-9-11-20(12-10-18)30-25(32)21-6-4-5-7-22(21)28-26(30)33-16-19-14-24(31)29-15-17(2)8-13-23(29)27-19/h4-15H,3,16H2,1-2H3. The number of fused-ring (bicyclic) bond motifs is 2. The molecule has 2 aromatic carbocycles. The molecule has 0 saturated carbocycles. The zero-order chi connectivity index (χ0) is 22.9. The van der Waals surface area contributed by atoms with Gasteiger partial charge in [0.25, 0.3) is 11.1 Å². The molecule has 164 valence electrons. The summed E-state index contributed by atoms with van der Waals surface area (Å²) in [6, 6.07) is 20.6. The van der Waals surface area contributed by atoms with Gasteiger partial charge in [0.2, 0.25) is 0 Å². The monoisotopic (exact) mass is 454 g/mol. The smallest absolute Gasteiger partial charge is 0.266 e. The van der Waals surface area contributed by atoms with Crippen molar-refractivity contribution < 1.29 is 0 Å². The molecule has 7 heteroatoms. The molecule has 0 fully saturated rings. The van der Waals surface area contributed by atoms with E-state index in [9.17, 15) is 9.59 Å². The normalized spacial score (nSPS) is 11.3. The van der Waals surface area contributed by atoms with Gasteiger partial charge in [-0.05, 0) is 54.8 Å². The highest BCUT2D eigenvalue weighted by Crippen LogP contribution is 2.24. The first-order chi connectivity index (χ1) is 16.0. The lowest BCUT2D eigenvalue weighted by Gasteiger charge is -2.13. The van der Waals surface area contributed by atoms with Gasteiger partial charge in [-0.15, -0.1) is 0 Å². The first kappa shape index (κ1) is 21.2. The Bertz CT molecular complexity index is 1600. The Balaban J connectivity index is 1.58. The maximum atomic E-state index is 13.4. The van der Waals surface area contributed by atoms with Crippen molar-refractivity contribution >= 4 is 28.3 Å². The average molecular weight is 455 g/mol. The Hall–Kier alpha value is -3.71. The number of para-hydroxylation sites is 1. The van der Waals surface area contributed by atoms with Crippen molar-refractivity contribution in [2.75, 3.05) is 0 Å². The molecule has 0 amide bonds. The van der Waals surface area contributed by atoms with E-state index < -0.39 is 0 Å². The summed E-state index contributed by atoms with van der Waals surface area (Å²) in [6.07, 6.45) is 2.71. The van der Waals surface area contributed by atoms with Gasteiger partial charge in [-0.3, -0.25) is 18.6 Å². The van der Waals surface area contributed by atoms with E-state index in [1.807, 2.05) is 61.5 Å². The topological polar surface area (TPSA) is 69.3 Å². The Morgan fingerprint density at radius 3 is 2.52 bits per heavy atom. The highest BCUT2D eigenvalue weighted by atomic mass is 32.2. The van der Waals surface area contributed by atoms with Gasteiger partial charge in [0, 0.05) is 18.0 Å². The van der Waals surface area contributed by atoms with Crippen LogP contribution in [0.15, 0.2) is 87.7 Å². The molecule has 0 radical (unpaired) electrons. The first-order valence-electron chi connectivity index (χ1n) is 10.8. The molecule has 0 saturated heterocycles. The Morgan fingerprint density at radius 1 is 0.939 bits per heavy atom. The van der Waals surface area contributed by atoms with Gasteiger partial charge in [0.1, 0.15) is 5.65 Å². The molecule has 0 unspecified atom stereocenters. The number of nitrogens with zero attached hydrogens (tertiary/aromatic N) is 4. The van der Waals surface area contributed by atoms with Crippen molar-refractivity contribution in [3.8, 4) is 5.69 Å². The third kappa shape index (κ3) is 4.07. The van der Waals surface area contributed by atoms with Crippen LogP contribution in [-0.4, -0.2) is 18.9 Å². The van der Waals surface area contributed by atoms with E-state index in [1.54, 1.807) is 27.3 Å². The van der Waals surface area contributed by atoms with E-state index >= 15 is 0 Å². The van der Waals surface area contributed by atoms with Crippen LogP contribution < -0.4 is 11.1 Å². The second-order valence-electron chi connectivity index (χ2n) is 7.88. The fourth-order valence-corrected chi connectivity index (χ4v) is 4.69. The third-order valence-corrected chi connectivity index (χ3v) is 6.53. The summed E-state index contributed by atoms with van der Waals surface area (Å²) in [5.41, 5.74) is 4.60.